The van der Waals surface area contributed by atoms with Crippen molar-refractivity contribution in [2.45, 2.75) is 18.7 Å². The van der Waals surface area contributed by atoms with Crippen LogP contribution in [-0.4, -0.2) is 69.9 Å². The van der Waals surface area contributed by atoms with E-state index in [-0.39, 0.29) is 19.0 Å². The SMILES string of the molecule is O[C@@]1(COc2ccc(F)c(F)c2)COCCN(Cc2cccc(OCCn3cncn3)c2)C1. The zero-order chi connectivity index (χ0) is 23.1. The minimum atomic E-state index is -1.30. The van der Waals surface area contributed by atoms with E-state index in [0.29, 0.717) is 39.4 Å². The van der Waals surface area contributed by atoms with Crippen LogP contribution < -0.4 is 9.47 Å². The minimum Gasteiger partial charge on any atom is -0.492 e. The largest absolute Gasteiger partial charge is 0.492 e. The Morgan fingerprint density at radius 1 is 1.09 bits per heavy atom. The van der Waals surface area contributed by atoms with Crippen LogP contribution in [0.4, 0.5) is 8.78 Å². The number of nitrogens with zero attached hydrogens (tertiary/aromatic N) is 4. The van der Waals surface area contributed by atoms with Gasteiger partial charge in [0.15, 0.2) is 11.6 Å². The molecule has 1 aliphatic heterocycles. The van der Waals surface area contributed by atoms with Gasteiger partial charge in [-0.1, -0.05) is 12.1 Å². The fourth-order valence-corrected chi connectivity index (χ4v) is 3.60. The van der Waals surface area contributed by atoms with Gasteiger partial charge in [0.25, 0.3) is 0 Å². The quantitative estimate of drug-likeness (QED) is 0.525. The molecule has 1 atom stereocenters. The molecule has 2 heterocycles. The summed E-state index contributed by atoms with van der Waals surface area (Å²) in [5.41, 5.74) is -0.271. The molecule has 3 aromatic rings. The highest BCUT2D eigenvalue weighted by atomic mass is 19.2. The van der Waals surface area contributed by atoms with Gasteiger partial charge >= 0.3 is 0 Å². The van der Waals surface area contributed by atoms with Gasteiger partial charge in [-0.25, -0.2) is 18.4 Å². The second kappa shape index (κ2) is 10.7. The molecule has 1 saturated heterocycles. The van der Waals surface area contributed by atoms with Crippen LogP contribution in [0.25, 0.3) is 0 Å². The third-order valence-electron chi connectivity index (χ3n) is 5.20. The Morgan fingerprint density at radius 3 is 2.79 bits per heavy atom. The Bertz CT molecular complexity index is 1040. The van der Waals surface area contributed by atoms with Crippen LogP contribution in [0.2, 0.25) is 0 Å². The summed E-state index contributed by atoms with van der Waals surface area (Å²) in [6, 6.07) is 11.0. The lowest BCUT2D eigenvalue weighted by atomic mass is 10.1. The Morgan fingerprint density at radius 2 is 1.97 bits per heavy atom. The van der Waals surface area contributed by atoms with E-state index in [0.717, 1.165) is 23.4 Å². The highest BCUT2D eigenvalue weighted by Crippen LogP contribution is 2.21. The fraction of sp³-hybridized carbons (Fsp3) is 0.391. The average Bonchev–Trinajstić information content (AvgIpc) is 3.24. The number of ether oxygens (including phenoxy) is 3. The molecule has 8 nitrogen and oxygen atoms in total. The number of benzene rings is 2. The van der Waals surface area contributed by atoms with E-state index in [2.05, 4.69) is 15.0 Å². The lowest BCUT2D eigenvalue weighted by Crippen LogP contribution is -2.48. The summed E-state index contributed by atoms with van der Waals surface area (Å²) in [5.74, 6) is -1.05. The second-order valence-corrected chi connectivity index (χ2v) is 8.01. The first-order valence-electron chi connectivity index (χ1n) is 10.6. The first kappa shape index (κ1) is 23.1. The molecular weight excluding hydrogens is 434 g/mol. The number of halogens is 2. The molecule has 1 aliphatic rings. The van der Waals surface area contributed by atoms with E-state index in [1.54, 1.807) is 11.0 Å². The number of aromatic nitrogens is 3. The zero-order valence-electron chi connectivity index (χ0n) is 18.1. The van der Waals surface area contributed by atoms with Gasteiger partial charge in [-0.2, -0.15) is 5.10 Å². The summed E-state index contributed by atoms with van der Waals surface area (Å²) in [5, 5.41) is 15.1. The van der Waals surface area contributed by atoms with Gasteiger partial charge in [-0.3, -0.25) is 4.90 Å². The molecule has 1 N–H and O–H groups in total. The molecule has 0 spiro atoms. The Labute approximate surface area is 190 Å². The summed E-state index contributed by atoms with van der Waals surface area (Å²) >= 11 is 0. The first-order valence-corrected chi connectivity index (χ1v) is 10.6. The summed E-state index contributed by atoms with van der Waals surface area (Å²) in [7, 11) is 0. The molecule has 0 amide bonds. The summed E-state index contributed by atoms with van der Waals surface area (Å²) in [4.78, 5) is 5.97. The topological polar surface area (TPSA) is 81.9 Å². The molecule has 1 fully saturated rings. The maximum Gasteiger partial charge on any atom is 0.162 e. The van der Waals surface area contributed by atoms with Crippen LogP contribution in [-0.2, 0) is 17.8 Å². The van der Waals surface area contributed by atoms with Gasteiger partial charge in [0, 0.05) is 25.7 Å². The van der Waals surface area contributed by atoms with Crippen molar-refractivity contribution in [3.8, 4) is 11.5 Å². The Kier molecular flexibility index (Phi) is 7.48. The van der Waals surface area contributed by atoms with Crippen molar-refractivity contribution in [1.29, 1.82) is 0 Å². The predicted molar refractivity (Wildman–Crippen MR) is 115 cm³/mol. The lowest BCUT2D eigenvalue weighted by molar-refractivity contribution is -0.0647. The molecule has 33 heavy (non-hydrogen) atoms. The molecular formula is C23H26F2N4O4. The third-order valence-corrected chi connectivity index (χ3v) is 5.20. The van der Waals surface area contributed by atoms with E-state index in [4.69, 9.17) is 14.2 Å². The normalized spacial score (nSPS) is 19.2. The van der Waals surface area contributed by atoms with Crippen LogP contribution in [0, 0.1) is 11.6 Å². The van der Waals surface area contributed by atoms with E-state index >= 15 is 0 Å². The van der Waals surface area contributed by atoms with Crippen molar-refractivity contribution in [1.82, 2.24) is 19.7 Å². The molecule has 0 unspecified atom stereocenters. The molecule has 0 bridgehead atoms. The Balaban J connectivity index is 1.32. The van der Waals surface area contributed by atoms with Crippen molar-refractivity contribution in [3.63, 3.8) is 0 Å². The molecule has 0 aliphatic carbocycles. The maximum absolute atomic E-state index is 13.4. The third kappa shape index (κ3) is 6.70. The fourth-order valence-electron chi connectivity index (χ4n) is 3.60. The summed E-state index contributed by atoms with van der Waals surface area (Å²) < 4.78 is 45.2. The lowest BCUT2D eigenvalue weighted by Gasteiger charge is -2.30. The van der Waals surface area contributed by atoms with E-state index in [1.165, 1.54) is 12.4 Å². The number of hydrogen-bond donors (Lipinski definition) is 1. The van der Waals surface area contributed by atoms with Crippen LogP contribution in [0.3, 0.4) is 0 Å². The Hall–Kier alpha value is -3.08. The van der Waals surface area contributed by atoms with E-state index in [1.807, 2.05) is 24.3 Å². The number of aliphatic hydroxyl groups is 1. The number of β-amino-alcohol motifs (C(OH)–C–C–N with tert-alkyl or cyclic N) is 1. The van der Waals surface area contributed by atoms with Gasteiger partial charge in [-0.05, 0) is 29.8 Å². The molecule has 0 saturated carbocycles. The average molecular weight is 460 g/mol. The molecule has 0 radical (unpaired) electrons. The maximum atomic E-state index is 13.4. The van der Waals surface area contributed by atoms with Crippen molar-refractivity contribution < 1.29 is 28.1 Å². The van der Waals surface area contributed by atoms with Crippen LogP contribution >= 0.6 is 0 Å². The van der Waals surface area contributed by atoms with Crippen molar-refractivity contribution in [3.05, 3.63) is 72.3 Å². The van der Waals surface area contributed by atoms with Crippen LogP contribution in [0.15, 0.2) is 55.1 Å². The highest BCUT2D eigenvalue weighted by molar-refractivity contribution is 5.28. The second-order valence-electron chi connectivity index (χ2n) is 8.01. The molecule has 176 valence electrons. The van der Waals surface area contributed by atoms with Crippen molar-refractivity contribution in [2.75, 3.05) is 39.5 Å². The van der Waals surface area contributed by atoms with E-state index in [9.17, 15) is 13.9 Å². The van der Waals surface area contributed by atoms with Crippen molar-refractivity contribution >= 4 is 0 Å². The van der Waals surface area contributed by atoms with Crippen molar-refractivity contribution in [2.24, 2.45) is 0 Å². The molecule has 4 rings (SSSR count). The van der Waals surface area contributed by atoms with Crippen LogP contribution in [0.1, 0.15) is 5.56 Å². The van der Waals surface area contributed by atoms with Gasteiger partial charge in [0.05, 0.1) is 19.8 Å². The van der Waals surface area contributed by atoms with Gasteiger partial charge in [0.1, 0.15) is 43.0 Å². The monoisotopic (exact) mass is 460 g/mol. The first-order chi connectivity index (χ1) is 16.0. The van der Waals surface area contributed by atoms with Gasteiger partial charge in [0.2, 0.25) is 0 Å². The van der Waals surface area contributed by atoms with E-state index < -0.39 is 17.2 Å². The van der Waals surface area contributed by atoms with Gasteiger partial charge in [-0.15, -0.1) is 0 Å². The zero-order valence-corrected chi connectivity index (χ0v) is 18.1. The molecule has 10 heteroatoms. The standard InChI is InChI=1S/C23H26F2N4O4/c24-21-5-4-20(11-22(21)25)33-15-23(30)13-28(6-8-31-14-23)12-18-2-1-3-19(10-18)32-9-7-29-17-26-16-27-29/h1-5,10-11,16-17,30H,6-9,12-15H2/t23-/m1/s1. The van der Waals surface area contributed by atoms with Crippen LogP contribution in [0.5, 0.6) is 11.5 Å². The number of rotatable bonds is 9. The smallest absolute Gasteiger partial charge is 0.162 e. The minimum absolute atomic E-state index is 0.0820. The summed E-state index contributed by atoms with van der Waals surface area (Å²) in [6.45, 7) is 3.00. The predicted octanol–water partition coefficient (Wildman–Crippen LogP) is 2.28. The van der Waals surface area contributed by atoms with Gasteiger partial charge < -0.3 is 19.3 Å². The number of hydrogen-bond acceptors (Lipinski definition) is 7. The molecule has 1 aromatic heterocycles. The summed E-state index contributed by atoms with van der Waals surface area (Å²) in [6.07, 6.45) is 3.12. The molecule has 2 aromatic carbocycles. The highest BCUT2D eigenvalue weighted by Gasteiger charge is 2.33.